The lowest BCUT2D eigenvalue weighted by Gasteiger charge is -2.23. The summed E-state index contributed by atoms with van der Waals surface area (Å²) in [6.45, 7) is 0. The molecule has 2 rings (SSSR count). The number of hydrogen-bond donors (Lipinski definition) is 2. The number of fused-ring (bicyclic) bond motifs is 1. The summed E-state index contributed by atoms with van der Waals surface area (Å²) in [6.07, 6.45) is 1.59. The highest BCUT2D eigenvalue weighted by atomic mass is 35.7. The molecule has 0 aliphatic heterocycles. The zero-order valence-electron chi connectivity index (χ0n) is 7.09. The van der Waals surface area contributed by atoms with Crippen LogP contribution in [-0.2, 0) is 0 Å². The Morgan fingerprint density at radius 3 is 2.57 bits per heavy atom. The molecule has 1 aromatic heterocycles. The average molecular weight is 230 g/mol. The van der Waals surface area contributed by atoms with E-state index in [4.69, 9.17) is 10.7 Å². The van der Waals surface area contributed by atoms with Gasteiger partial charge in [-0.15, -0.1) is 0 Å². The molecule has 0 radical (unpaired) electrons. The highest BCUT2D eigenvalue weighted by Crippen LogP contribution is 2.54. The summed E-state index contributed by atoms with van der Waals surface area (Å²) in [5.74, 6) is 0. The van der Waals surface area contributed by atoms with Crippen molar-refractivity contribution in [2.75, 3.05) is 0 Å². The van der Waals surface area contributed by atoms with Crippen molar-refractivity contribution < 1.29 is 9.11 Å². The van der Waals surface area contributed by atoms with E-state index in [0.717, 1.165) is 5.39 Å². The molecule has 0 amide bonds. The molecular formula is C9H8ClNO2S. The van der Waals surface area contributed by atoms with Gasteiger partial charge >= 0.3 is 0 Å². The van der Waals surface area contributed by atoms with Crippen LogP contribution < -0.4 is 0 Å². The summed E-state index contributed by atoms with van der Waals surface area (Å²) in [6, 6.07) is 8.75. The lowest BCUT2D eigenvalue weighted by Crippen LogP contribution is -1.91. The minimum absolute atomic E-state index is 0.275. The molecule has 14 heavy (non-hydrogen) atoms. The number of aromatic nitrogens is 1. The summed E-state index contributed by atoms with van der Waals surface area (Å²) in [5, 5.41) is 0.839. The average Bonchev–Trinajstić information content (AvgIpc) is 2.15. The molecule has 1 aromatic carbocycles. The van der Waals surface area contributed by atoms with Crippen LogP contribution in [0.5, 0.6) is 0 Å². The lowest BCUT2D eigenvalue weighted by atomic mass is 10.2. The van der Waals surface area contributed by atoms with E-state index in [0.29, 0.717) is 5.52 Å². The van der Waals surface area contributed by atoms with Crippen molar-refractivity contribution in [1.29, 1.82) is 0 Å². The van der Waals surface area contributed by atoms with Crippen LogP contribution in [-0.4, -0.2) is 14.1 Å². The third-order valence-corrected chi connectivity index (χ3v) is 3.26. The van der Waals surface area contributed by atoms with E-state index < -0.39 is 9.80 Å². The second-order valence-electron chi connectivity index (χ2n) is 2.81. The van der Waals surface area contributed by atoms with Crippen molar-refractivity contribution in [1.82, 2.24) is 4.98 Å². The number of halogens is 1. The Hall–Kier alpha value is -0.810. The van der Waals surface area contributed by atoms with E-state index in [9.17, 15) is 9.11 Å². The molecule has 0 saturated carbocycles. The summed E-state index contributed by atoms with van der Waals surface area (Å²) in [7, 11) is 2.27. The molecule has 1 heterocycles. The maximum Gasteiger partial charge on any atom is 0.102 e. The molecule has 74 valence electrons. The fraction of sp³-hybridized carbons (Fsp3) is 0. The van der Waals surface area contributed by atoms with E-state index in [1.807, 2.05) is 12.1 Å². The molecule has 0 atom stereocenters. The molecule has 0 unspecified atom stereocenters. The number of nitrogens with zero attached hydrogens (tertiary/aromatic N) is 1. The fourth-order valence-corrected chi connectivity index (χ4v) is 2.33. The third-order valence-electron chi connectivity index (χ3n) is 1.88. The maximum absolute atomic E-state index is 9.35. The molecule has 0 saturated heterocycles. The maximum atomic E-state index is 9.35. The number of benzene rings is 1. The van der Waals surface area contributed by atoms with Gasteiger partial charge in [0, 0.05) is 22.3 Å². The van der Waals surface area contributed by atoms with Crippen molar-refractivity contribution in [3.05, 3.63) is 36.5 Å². The predicted molar refractivity (Wildman–Crippen MR) is 58.7 cm³/mol. The van der Waals surface area contributed by atoms with E-state index in [1.165, 1.54) is 0 Å². The second kappa shape index (κ2) is 3.40. The Bertz CT molecular complexity index is 464. The molecule has 0 aliphatic carbocycles. The van der Waals surface area contributed by atoms with E-state index in [2.05, 4.69) is 4.98 Å². The monoisotopic (exact) mass is 229 g/mol. The summed E-state index contributed by atoms with van der Waals surface area (Å²) in [4.78, 5) is 4.34. The minimum Gasteiger partial charge on any atom is -0.281 e. The molecule has 0 fully saturated rings. The van der Waals surface area contributed by atoms with Gasteiger partial charge in [0.2, 0.25) is 0 Å². The van der Waals surface area contributed by atoms with Crippen LogP contribution in [0.15, 0.2) is 41.4 Å². The van der Waals surface area contributed by atoms with Gasteiger partial charge in [0.15, 0.2) is 0 Å². The third kappa shape index (κ3) is 1.69. The first-order chi connectivity index (χ1) is 6.59. The summed E-state index contributed by atoms with van der Waals surface area (Å²) in [5.41, 5.74) is 0.532. The predicted octanol–water partition coefficient (Wildman–Crippen LogP) is 3.50. The normalized spacial score (nSPS) is 13.1. The number of rotatable bonds is 1. The zero-order valence-corrected chi connectivity index (χ0v) is 8.66. The first-order valence-electron chi connectivity index (χ1n) is 3.90. The van der Waals surface area contributed by atoms with Crippen LogP contribution in [0.4, 0.5) is 0 Å². The molecule has 0 aliphatic rings. The minimum atomic E-state index is -3.22. The van der Waals surface area contributed by atoms with Gasteiger partial charge in [-0.1, -0.05) is 28.0 Å². The number of hydrogen-bond acceptors (Lipinski definition) is 3. The van der Waals surface area contributed by atoms with Crippen molar-refractivity contribution in [3.63, 3.8) is 0 Å². The highest BCUT2D eigenvalue weighted by Gasteiger charge is 2.15. The van der Waals surface area contributed by atoms with Crippen molar-refractivity contribution in [3.8, 4) is 0 Å². The topological polar surface area (TPSA) is 53.4 Å². The van der Waals surface area contributed by atoms with E-state index >= 15 is 0 Å². The Morgan fingerprint density at radius 1 is 1.14 bits per heavy atom. The molecule has 0 bridgehead atoms. The zero-order chi connectivity index (χ0) is 10.2. The number of pyridine rings is 1. The molecule has 0 spiro atoms. The van der Waals surface area contributed by atoms with Crippen molar-refractivity contribution >= 4 is 31.4 Å². The van der Waals surface area contributed by atoms with Gasteiger partial charge in [0.25, 0.3) is 0 Å². The van der Waals surface area contributed by atoms with Crippen LogP contribution >= 0.6 is 20.5 Å². The highest BCUT2D eigenvalue weighted by molar-refractivity contribution is 8.43. The molecular weight excluding hydrogens is 222 g/mol. The van der Waals surface area contributed by atoms with Gasteiger partial charge < -0.3 is 0 Å². The second-order valence-corrected chi connectivity index (χ2v) is 5.50. The molecule has 2 N–H and O–H groups in total. The van der Waals surface area contributed by atoms with E-state index in [-0.39, 0.29) is 4.90 Å². The van der Waals surface area contributed by atoms with Gasteiger partial charge in [-0.3, -0.25) is 14.1 Å². The van der Waals surface area contributed by atoms with Gasteiger partial charge in [0.05, 0.1) is 5.52 Å². The standard InChI is InChI=1S/C9H8ClNO2S/c10-14(12,13)8-5-1-3-7-4-2-6-11-9(7)8/h1-6,12-13H. The molecule has 5 heteroatoms. The van der Waals surface area contributed by atoms with Crippen LogP contribution in [0.2, 0.25) is 0 Å². The Balaban J connectivity index is 2.78. The largest absolute Gasteiger partial charge is 0.281 e. The molecule has 2 aromatic rings. The van der Waals surface area contributed by atoms with Gasteiger partial charge in [-0.25, -0.2) is 0 Å². The van der Waals surface area contributed by atoms with E-state index in [1.54, 1.807) is 24.4 Å². The van der Waals surface area contributed by atoms with Crippen LogP contribution in [0, 0.1) is 0 Å². The van der Waals surface area contributed by atoms with Crippen LogP contribution in [0.3, 0.4) is 0 Å². The lowest BCUT2D eigenvalue weighted by molar-refractivity contribution is 0.508. The summed E-state index contributed by atoms with van der Waals surface area (Å²) >= 11 is 0. The molecule has 3 nitrogen and oxygen atoms in total. The Kier molecular flexibility index (Phi) is 2.36. The van der Waals surface area contributed by atoms with Crippen molar-refractivity contribution in [2.45, 2.75) is 4.90 Å². The van der Waals surface area contributed by atoms with Crippen LogP contribution in [0.25, 0.3) is 10.9 Å². The van der Waals surface area contributed by atoms with Gasteiger partial charge in [-0.2, -0.15) is 0 Å². The Labute approximate surface area is 87.2 Å². The smallest absolute Gasteiger partial charge is 0.102 e. The first-order valence-corrected chi connectivity index (χ1v) is 6.28. The van der Waals surface area contributed by atoms with Gasteiger partial charge in [-0.05, 0) is 12.1 Å². The Morgan fingerprint density at radius 2 is 1.86 bits per heavy atom. The SMILES string of the molecule is OS(O)(Cl)c1cccc2cccnc12. The van der Waals surface area contributed by atoms with Crippen LogP contribution in [0.1, 0.15) is 0 Å². The first kappa shape index (κ1) is 9.73. The quantitative estimate of drug-likeness (QED) is 0.787. The summed E-state index contributed by atoms with van der Waals surface area (Å²) < 4.78 is 18.7. The fourth-order valence-electron chi connectivity index (χ4n) is 1.29. The van der Waals surface area contributed by atoms with Crippen molar-refractivity contribution in [2.24, 2.45) is 0 Å². The van der Waals surface area contributed by atoms with Gasteiger partial charge in [0.1, 0.15) is 4.90 Å². The number of para-hydroxylation sites is 1.